The van der Waals surface area contributed by atoms with Crippen LogP contribution in [0.25, 0.3) is 0 Å². The molecule has 0 aliphatic carbocycles. The number of hydrogen-bond acceptors (Lipinski definition) is 4. The second-order valence-corrected chi connectivity index (χ2v) is 6.59. The lowest BCUT2D eigenvalue weighted by Gasteiger charge is -2.19. The van der Waals surface area contributed by atoms with Gasteiger partial charge in [0, 0.05) is 24.4 Å². The van der Waals surface area contributed by atoms with Crippen LogP contribution in [0, 0.1) is 29.0 Å². The molecule has 1 aromatic carbocycles. The van der Waals surface area contributed by atoms with Gasteiger partial charge in [0.25, 0.3) is 11.8 Å². The van der Waals surface area contributed by atoms with Crippen molar-refractivity contribution < 1.29 is 22.8 Å². The molecule has 1 fully saturated rings. The Morgan fingerprint density at radius 2 is 1.97 bits per heavy atom. The molecule has 6 nitrogen and oxygen atoms in total. The number of halogens is 3. The van der Waals surface area contributed by atoms with Crippen LogP contribution in [0.15, 0.2) is 42.7 Å². The summed E-state index contributed by atoms with van der Waals surface area (Å²) in [7, 11) is 0. The lowest BCUT2D eigenvalue weighted by Crippen LogP contribution is -2.43. The van der Waals surface area contributed by atoms with Gasteiger partial charge in [-0.15, -0.1) is 0 Å². The van der Waals surface area contributed by atoms with Gasteiger partial charge in [-0.05, 0) is 30.3 Å². The monoisotopic (exact) mass is 412 g/mol. The summed E-state index contributed by atoms with van der Waals surface area (Å²) in [6.07, 6.45) is 2.00. The van der Waals surface area contributed by atoms with Gasteiger partial charge in [-0.3, -0.25) is 14.6 Å². The van der Waals surface area contributed by atoms with E-state index in [0.717, 1.165) is 4.90 Å². The molecule has 2 amide bonds. The van der Waals surface area contributed by atoms with Crippen molar-refractivity contribution in [2.24, 2.45) is 0 Å². The minimum atomic E-state index is -3.13. The molecule has 9 heteroatoms. The summed E-state index contributed by atoms with van der Waals surface area (Å²) in [6, 6.07) is 7.31. The van der Waals surface area contributed by atoms with E-state index in [4.69, 9.17) is 5.26 Å². The fourth-order valence-electron chi connectivity index (χ4n) is 2.91. The molecule has 1 aliphatic heterocycles. The summed E-state index contributed by atoms with van der Waals surface area (Å²) < 4.78 is 39.9. The van der Waals surface area contributed by atoms with Gasteiger partial charge in [0.1, 0.15) is 11.9 Å². The minimum absolute atomic E-state index is 0.135. The molecule has 152 valence electrons. The number of hydrogen-bond donors (Lipinski definition) is 1. The van der Waals surface area contributed by atoms with E-state index in [9.17, 15) is 22.8 Å². The predicted octanol–water partition coefficient (Wildman–Crippen LogP) is 2.11. The van der Waals surface area contributed by atoms with Crippen LogP contribution in [0.2, 0.25) is 0 Å². The average molecular weight is 412 g/mol. The van der Waals surface area contributed by atoms with Gasteiger partial charge >= 0.3 is 0 Å². The van der Waals surface area contributed by atoms with Gasteiger partial charge in [0.2, 0.25) is 5.91 Å². The number of amides is 2. The molecular weight excluding hydrogens is 397 g/mol. The van der Waals surface area contributed by atoms with Crippen molar-refractivity contribution >= 4 is 11.8 Å². The molecule has 1 N–H and O–H groups in total. The fourth-order valence-corrected chi connectivity index (χ4v) is 2.91. The zero-order valence-electron chi connectivity index (χ0n) is 15.5. The first-order chi connectivity index (χ1) is 14.3. The van der Waals surface area contributed by atoms with E-state index in [1.165, 1.54) is 42.7 Å². The number of aromatic nitrogens is 1. The summed E-state index contributed by atoms with van der Waals surface area (Å²) in [5.41, 5.74) is 0.935. The van der Waals surface area contributed by atoms with E-state index in [1.807, 2.05) is 0 Å². The quantitative estimate of drug-likeness (QED) is 0.783. The molecular formula is C21H15F3N4O2. The first-order valence-electron chi connectivity index (χ1n) is 8.86. The highest BCUT2D eigenvalue weighted by atomic mass is 19.3. The molecule has 1 unspecified atom stereocenters. The summed E-state index contributed by atoms with van der Waals surface area (Å²) >= 11 is 0. The molecule has 2 aromatic rings. The van der Waals surface area contributed by atoms with E-state index in [1.54, 1.807) is 6.07 Å². The number of nitriles is 1. The summed E-state index contributed by atoms with van der Waals surface area (Å²) in [6.45, 7) is -1.40. The number of nitrogens with zero attached hydrogens (tertiary/aromatic N) is 3. The van der Waals surface area contributed by atoms with Crippen molar-refractivity contribution in [1.29, 1.82) is 5.26 Å². The number of rotatable bonds is 3. The fraction of sp³-hybridized carbons (Fsp3) is 0.238. The number of pyridine rings is 1. The van der Waals surface area contributed by atoms with Gasteiger partial charge in [-0.1, -0.05) is 11.8 Å². The first-order valence-corrected chi connectivity index (χ1v) is 8.86. The Morgan fingerprint density at radius 3 is 2.67 bits per heavy atom. The van der Waals surface area contributed by atoms with Crippen LogP contribution >= 0.6 is 0 Å². The number of benzene rings is 1. The van der Waals surface area contributed by atoms with Crippen LogP contribution in [0.1, 0.15) is 27.9 Å². The van der Waals surface area contributed by atoms with Crippen LogP contribution in [0.4, 0.5) is 13.2 Å². The Morgan fingerprint density at radius 1 is 1.23 bits per heavy atom. The van der Waals surface area contributed by atoms with Gasteiger partial charge in [0.15, 0.2) is 0 Å². The van der Waals surface area contributed by atoms with E-state index in [-0.39, 0.29) is 11.1 Å². The van der Waals surface area contributed by atoms with E-state index in [0.29, 0.717) is 5.56 Å². The van der Waals surface area contributed by atoms with Crippen molar-refractivity contribution in [1.82, 2.24) is 15.2 Å². The molecule has 0 saturated carbocycles. The topological polar surface area (TPSA) is 86.1 Å². The molecule has 0 spiro atoms. The Labute approximate surface area is 170 Å². The standard InChI is InChI=1S/C21H15F3N4O2/c22-16-5-2-14(3-6-16)1-4-15-11-26-8-7-18(15)20(30)27-12-19(29)28-13-21(23,24)9-17(28)10-25/h2-3,5-8,11,17H,9,12-13H2,(H,27,30). The third-order valence-corrected chi connectivity index (χ3v) is 4.39. The van der Waals surface area contributed by atoms with Crippen LogP contribution in [0.3, 0.4) is 0 Å². The van der Waals surface area contributed by atoms with E-state index < -0.39 is 49.1 Å². The molecule has 1 aromatic heterocycles. The van der Waals surface area contributed by atoms with Crippen LogP contribution in [0.5, 0.6) is 0 Å². The molecule has 1 saturated heterocycles. The van der Waals surface area contributed by atoms with Crippen molar-refractivity contribution in [3.05, 3.63) is 65.2 Å². The molecule has 30 heavy (non-hydrogen) atoms. The zero-order chi connectivity index (χ0) is 21.7. The third-order valence-electron chi connectivity index (χ3n) is 4.39. The first kappa shape index (κ1) is 20.9. The van der Waals surface area contributed by atoms with Gasteiger partial charge in [-0.2, -0.15) is 5.26 Å². The normalized spacial score (nSPS) is 16.9. The maximum absolute atomic E-state index is 13.5. The number of carbonyl (C=O) groups excluding carboxylic acids is 2. The van der Waals surface area contributed by atoms with Crippen molar-refractivity contribution in [3.63, 3.8) is 0 Å². The van der Waals surface area contributed by atoms with Crippen molar-refractivity contribution in [3.8, 4) is 17.9 Å². The van der Waals surface area contributed by atoms with Gasteiger partial charge in [-0.25, -0.2) is 13.2 Å². The second-order valence-electron chi connectivity index (χ2n) is 6.59. The average Bonchev–Trinajstić information content (AvgIpc) is 3.06. The second kappa shape index (κ2) is 8.66. The molecule has 1 atom stereocenters. The third kappa shape index (κ3) is 4.95. The highest BCUT2D eigenvalue weighted by Crippen LogP contribution is 2.31. The van der Waals surface area contributed by atoms with Crippen LogP contribution < -0.4 is 5.32 Å². The Balaban J connectivity index is 1.69. The molecule has 0 radical (unpaired) electrons. The highest BCUT2D eigenvalue weighted by molar-refractivity contribution is 5.98. The maximum Gasteiger partial charge on any atom is 0.268 e. The summed E-state index contributed by atoms with van der Waals surface area (Å²) in [5.74, 6) is 0.596. The number of likely N-dealkylation sites (tertiary alicyclic amines) is 1. The minimum Gasteiger partial charge on any atom is -0.343 e. The Bertz CT molecular complexity index is 1070. The van der Waals surface area contributed by atoms with Crippen molar-refractivity contribution in [2.45, 2.75) is 18.4 Å². The SMILES string of the molecule is N#CC1CC(F)(F)CN1C(=O)CNC(=O)c1ccncc1C#Cc1ccc(F)cc1. The number of nitrogens with one attached hydrogen (secondary N) is 1. The van der Waals surface area contributed by atoms with Crippen LogP contribution in [-0.4, -0.2) is 46.8 Å². The largest absolute Gasteiger partial charge is 0.343 e. The maximum atomic E-state index is 13.5. The molecule has 2 heterocycles. The lowest BCUT2D eigenvalue weighted by atomic mass is 10.1. The summed E-state index contributed by atoms with van der Waals surface area (Å²) in [5, 5.41) is 11.3. The van der Waals surface area contributed by atoms with Crippen molar-refractivity contribution in [2.75, 3.05) is 13.1 Å². The number of alkyl halides is 2. The van der Waals surface area contributed by atoms with Gasteiger partial charge in [0.05, 0.1) is 30.3 Å². The number of carbonyl (C=O) groups is 2. The predicted molar refractivity (Wildman–Crippen MR) is 99.6 cm³/mol. The lowest BCUT2D eigenvalue weighted by molar-refractivity contribution is -0.131. The Kier molecular flexibility index (Phi) is 6.03. The molecule has 1 aliphatic rings. The molecule has 3 rings (SSSR count). The smallest absolute Gasteiger partial charge is 0.268 e. The zero-order valence-corrected chi connectivity index (χ0v) is 15.5. The highest BCUT2D eigenvalue weighted by Gasteiger charge is 2.47. The molecule has 0 bridgehead atoms. The Hall–Kier alpha value is -3.85. The van der Waals surface area contributed by atoms with Crippen LogP contribution in [-0.2, 0) is 4.79 Å². The van der Waals surface area contributed by atoms with E-state index in [2.05, 4.69) is 22.1 Å². The van der Waals surface area contributed by atoms with Gasteiger partial charge < -0.3 is 10.2 Å². The summed E-state index contributed by atoms with van der Waals surface area (Å²) in [4.78, 5) is 29.4. The van der Waals surface area contributed by atoms with E-state index >= 15 is 0 Å².